The molecule has 0 aliphatic heterocycles. The van der Waals surface area contributed by atoms with Gasteiger partial charge >= 0.3 is 5.97 Å². The zero-order chi connectivity index (χ0) is 18.1. The summed E-state index contributed by atoms with van der Waals surface area (Å²) < 4.78 is 10.6. The van der Waals surface area contributed by atoms with Crippen molar-refractivity contribution in [1.82, 2.24) is 0 Å². The van der Waals surface area contributed by atoms with E-state index < -0.39 is 5.97 Å². The van der Waals surface area contributed by atoms with Gasteiger partial charge in [0.15, 0.2) is 0 Å². The van der Waals surface area contributed by atoms with Crippen LogP contribution >= 0.6 is 23.2 Å². The number of hydrogen-bond acceptors (Lipinski definition) is 3. The summed E-state index contributed by atoms with van der Waals surface area (Å²) in [4.78, 5) is 12.6. The molecule has 3 nitrogen and oxygen atoms in total. The monoisotopic (exact) mass is 374 g/mol. The van der Waals surface area contributed by atoms with Gasteiger partial charge < -0.3 is 9.47 Å². The Hall–Kier alpha value is -2.23. The summed E-state index contributed by atoms with van der Waals surface area (Å²) >= 11 is 12.6. The van der Waals surface area contributed by atoms with E-state index in [2.05, 4.69) is 0 Å². The molecule has 0 radical (unpaired) electrons. The van der Waals surface area contributed by atoms with Gasteiger partial charge in [0.1, 0.15) is 5.75 Å². The molecule has 0 saturated carbocycles. The molecule has 0 N–H and O–H groups in total. The molecule has 0 atom stereocenters. The van der Waals surface area contributed by atoms with Crippen molar-refractivity contribution < 1.29 is 14.3 Å². The van der Waals surface area contributed by atoms with Gasteiger partial charge in [-0.05, 0) is 30.5 Å². The Morgan fingerprint density at radius 1 is 1.00 bits per heavy atom. The zero-order valence-corrected chi connectivity index (χ0v) is 15.5. The summed E-state index contributed by atoms with van der Waals surface area (Å²) in [5.41, 5.74) is 2.48. The van der Waals surface area contributed by atoms with Crippen molar-refractivity contribution >= 4 is 39.9 Å². The van der Waals surface area contributed by atoms with Crippen LogP contribution in [0.5, 0.6) is 5.75 Å². The molecule has 0 heterocycles. The van der Waals surface area contributed by atoms with E-state index in [0.717, 1.165) is 10.8 Å². The van der Waals surface area contributed by atoms with Crippen molar-refractivity contribution in [3.63, 3.8) is 0 Å². The Kier molecular flexibility index (Phi) is 4.89. The van der Waals surface area contributed by atoms with E-state index >= 15 is 0 Å². The first kappa shape index (κ1) is 17.6. The second kappa shape index (κ2) is 6.95. The van der Waals surface area contributed by atoms with Gasteiger partial charge in [-0.15, -0.1) is 0 Å². The minimum Gasteiger partial charge on any atom is -0.496 e. The maximum absolute atomic E-state index is 12.6. The molecule has 0 aliphatic rings. The first-order valence-electron chi connectivity index (χ1n) is 7.62. The first-order valence-corrected chi connectivity index (χ1v) is 8.38. The lowest BCUT2D eigenvalue weighted by Crippen LogP contribution is -2.09. The Balaban J connectivity index is 2.56. The third-order valence-electron chi connectivity index (χ3n) is 4.20. The largest absolute Gasteiger partial charge is 0.496 e. The van der Waals surface area contributed by atoms with E-state index in [1.807, 2.05) is 31.2 Å². The number of esters is 1. The van der Waals surface area contributed by atoms with Gasteiger partial charge in [-0.25, -0.2) is 4.79 Å². The molecule has 3 aromatic rings. The molecular weight excluding hydrogens is 359 g/mol. The highest BCUT2D eigenvalue weighted by Gasteiger charge is 2.25. The van der Waals surface area contributed by atoms with Gasteiger partial charge in [0.05, 0.1) is 19.8 Å². The van der Waals surface area contributed by atoms with Gasteiger partial charge in [-0.3, -0.25) is 0 Å². The van der Waals surface area contributed by atoms with Crippen LogP contribution in [0.25, 0.3) is 21.9 Å². The van der Waals surface area contributed by atoms with Gasteiger partial charge in [0.2, 0.25) is 0 Å². The number of benzene rings is 3. The molecule has 0 aromatic heterocycles. The number of hydrogen-bond donors (Lipinski definition) is 0. The summed E-state index contributed by atoms with van der Waals surface area (Å²) in [6, 6.07) is 12.9. The Bertz CT molecular complexity index is 980. The predicted octanol–water partition coefficient (Wildman–Crippen LogP) is 5.92. The molecule has 0 saturated heterocycles. The van der Waals surface area contributed by atoms with E-state index in [-0.39, 0.29) is 0 Å². The van der Waals surface area contributed by atoms with Crippen molar-refractivity contribution in [2.45, 2.75) is 6.92 Å². The fourth-order valence-electron chi connectivity index (χ4n) is 3.13. The van der Waals surface area contributed by atoms with Crippen molar-refractivity contribution in [2.75, 3.05) is 14.2 Å². The summed E-state index contributed by atoms with van der Waals surface area (Å²) in [5, 5.41) is 2.77. The molecule has 3 aromatic carbocycles. The first-order chi connectivity index (χ1) is 12.0. The predicted molar refractivity (Wildman–Crippen MR) is 102 cm³/mol. The molecule has 25 heavy (non-hydrogen) atoms. The highest BCUT2D eigenvalue weighted by Crippen LogP contribution is 2.43. The average Bonchev–Trinajstić information content (AvgIpc) is 2.62. The van der Waals surface area contributed by atoms with Crippen LogP contribution in [0, 0.1) is 6.92 Å². The smallest absolute Gasteiger partial charge is 0.338 e. The molecular formula is C20H16Cl2O3. The van der Waals surface area contributed by atoms with Gasteiger partial charge in [-0.2, -0.15) is 0 Å². The molecule has 0 unspecified atom stereocenters. The summed E-state index contributed by atoms with van der Waals surface area (Å²) in [6.07, 6.45) is 0. The molecule has 0 amide bonds. The van der Waals surface area contributed by atoms with E-state index in [0.29, 0.717) is 38.0 Å². The highest BCUT2D eigenvalue weighted by atomic mass is 35.5. The lowest BCUT2D eigenvalue weighted by atomic mass is 9.89. The number of rotatable bonds is 3. The van der Waals surface area contributed by atoms with Crippen molar-refractivity contribution in [2.24, 2.45) is 0 Å². The third-order valence-corrected chi connectivity index (χ3v) is 4.76. The van der Waals surface area contributed by atoms with Gasteiger partial charge in [-0.1, -0.05) is 47.5 Å². The van der Waals surface area contributed by atoms with Crippen molar-refractivity contribution in [3.05, 3.63) is 63.6 Å². The lowest BCUT2D eigenvalue weighted by Gasteiger charge is -2.19. The van der Waals surface area contributed by atoms with Crippen LogP contribution in [0.3, 0.4) is 0 Å². The van der Waals surface area contributed by atoms with Crippen LogP contribution < -0.4 is 4.74 Å². The summed E-state index contributed by atoms with van der Waals surface area (Å²) in [7, 11) is 2.94. The molecule has 0 fully saturated rings. The van der Waals surface area contributed by atoms with Crippen molar-refractivity contribution in [1.29, 1.82) is 0 Å². The van der Waals surface area contributed by atoms with Crippen LogP contribution in [0.1, 0.15) is 15.9 Å². The van der Waals surface area contributed by atoms with E-state index in [9.17, 15) is 4.79 Å². The Morgan fingerprint density at radius 3 is 2.32 bits per heavy atom. The standard InChI is InChI=1S/C20H16Cl2O3/c1-11-17(20(23)25-3)18(15-10-12(21)8-9-16(15)22)13-6-4-5-7-14(13)19(11)24-2/h4-10H,1-3H3. The normalized spacial score (nSPS) is 10.8. The van der Waals surface area contributed by atoms with Crippen molar-refractivity contribution in [3.8, 4) is 16.9 Å². The zero-order valence-electron chi connectivity index (χ0n) is 14.0. The van der Waals surface area contributed by atoms with Crippen LogP contribution in [0.15, 0.2) is 42.5 Å². The van der Waals surface area contributed by atoms with E-state index in [1.165, 1.54) is 7.11 Å². The number of methoxy groups -OCH3 is 2. The van der Waals surface area contributed by atoms with Crippen LogP contribution in [0.2, 0.25) is 10.0 Å². The second-order valence-electron chi connectivity index (χ2n) is 5.57. The van der Waals surface area contributed by atoms with Crippen LogP contribution in [0.4, 0.5) is 0 Å². The molecule has 0 bridgehead atoms. The van der Waals surface area contributed by atoms with E-state index in [4.69, 9.17) is 32.7 Å². The lowest BCUT2D eigenvalue weighted by molar-refractivity contribution is 0.0600. The van der Waals surface area contributed by atoms with Crippen LogP contribution in [-0.4, -0.2) is 20.2 Å². The third kappa shape index (κ3) is 2.94. The summed E-state index contributed by atoms with van der Waals surface area (Å²) in [5.74, 6) is 0.186. The van der Waals surface area contributed by atoms with Gasteiger partial charge in [0.25, 0.3) is 0 Å². The number of halogens is 2. The topological polar surface area (TPSA) is 35.5 Å². The number of fused-ring (bicyclic) bond motifs is 1. The molecule has 3 rings (SSSR count). The highest BCUT2D eigenvalue weighted by molar-refractivity contribution is 6.36. The fraction of sp³-hybridized carbons (Fsp3) is 0.150. The maximum Gasteiger partial charge on any atom is 0.338 e. The fourth-order valence-corrected chi connectivity index (χ4v) is 3.51. The number of ether oxygens (including phenoxy) is 2. The summed E-state index contributed by atoms with van der Waals surface area (Å²) in [6.45, 7) is 1.83. The average molecular weight is 375 g/mol. The molecule has 0 aliphatic carbocycles. The molecule has 128 valence electrons. The Labute approximate surface area is 156 Å². The minimum atomic E-state index is -0.451. The molecule has 5 heteroatoms. The van der Waals surface area contributed by atoms with Gasteiger partial charge in [0, 0.05) is 32.1 Å². The maximum atomic E-state index is 12.6. The SMILES string of the molecule is COC(=O)c1c(C)c(OC)c2ccccc2c1-c1cc(Cl)ccc1Cl. The Morgan fingerprint density at radius 2 is 1.68 bits per heavy atom. The van der Waals surface area contributed by atoms with E-state index in [1.54, 1.807) is 25.3 Å². The number of carbonyl (C=O) groups excluding carboxylic acids is 1. The quantitative estimate of drug-likeness (QED) is 0.534. The minimum absolute atomic E-state index is 0.419. The molecule has 0 spiro atoms. The number of carbonyl (C=O) groups is 1. The second-order valence-corrected chi connectivity index (χ2v) is 6.41. The van der Waals surface area contributed by atoms with Crippen LogP contribution in [-0.2, 0) is 4.74 Å².